The molecule has 1 aromatic carbocycles. The summed E-state index contributed by atoms with van der Waals surface area (Å²) in [6.45, 7) is 0.890. The van der Waals surface area contributed by atoms with E-state index in [0.717, 1.165) is 37.2 Å². The molecule has 20 heavy (non-hydrogen) atoms. The van der Waals surface area contributed by atoms with Crippen molar-refractivity contribution in [3.63, 3.8) is 0 Å². The summed E-state index contributed by atoms with van der Waals surface area (Å²) in [6.07, 6.45) is 4.61. The summed E-state index contributed by atoms with van der Waals surface area (Å²) in [5, 5.41) is 11.4. The Morgan fingerprint density at radius 2 is 2.15 bits per heavy atom. The van der Waals surface area contributed by atoms with Crippen molar-refractivity contribution in [1.29, 1.82) is 0 Å². The third-order valence-corrected chi connectivity index (χ3v) is 4.07. The highest BCUT2D eigenvalue weighted by Gasteiger charge is 2.31. The van der Waals surface area contributed by atoms with Crippen LogP contribution in [-0.4, -0.2) is 27.4 Å². The van der Waals surface area contributed by atoms with Crippen molar-refractivity contribution in [3.05, 3.63) is 47.8 Å². The molecule has 5 heteroatoms. The summed E-state index contributed by atoms with van der Waals surface area (Å²) in [6, 6.07) is 7.59. The molecule has 1 fully saturated rings. The number of halogens is 1. The van der Waals surface area contributed by atoms with E-state index in [1.54, 1.807) is 18.5 Å². The minimum absolute atomic E-state index is 0.0740. The molecule has 0 unspecified atom stereocenters. The molecule has 1 aliphatic rings. The van der Waals surface area contributed by atoms with Crippen molar-refractivity contribution in [2.75, 3.05) is 6.54 Å². The van der Waals surface area contributed by atoms with Crippen molar-refractivity contribution < 1.29 is 4.39 Å². The normalized spacial score (nSPS) is 21.7. The first-order valence-corrected chi connectivity index (χ1v) is 7.04. The fourth-order valence-corrected chi connectivity index (χ4v) is 2.77. The maximum absolute atomic E-state index is 13.6. The average molecular weight is 274 g/mol. The van der Waals surface area contributed by atoms with Gasteiger partial charge in [0.2, 0.25) is 0 Å². The molecule has 2 aromatic rings. The average Bonchev–Trinajstić information content (AvgIpc) is 2.79. The van der Waals surface area contributed by atoms with Crippen molar-refractivity contribution in [3.8, 4) is 0 Å². The molecule has 0 radical (unpaired) electrons. The number of nitrogens with zero attached hydrogens (tertiary/aromatic N) is 3. The SMILES string of the molecule is Cn1cnnc1CCNC1CC(c2ccccc2F)C1. The predicted octanol–water partition coefficient (Wildman–Crippen LogP) is 2.03. The number of hydrogen-bond acceptors (Lipinski definition) is 3. The second kappa shape index (κ2) is 5.71. The highest BCUT2D eigenvalue weighted by Crippen LogP contribution is 2.37. The Bertz CT molecular complexity index is 575. The largest absolute Gasteiger partial charge is 0.321 e. The molecule has 0 amide bonds. The van der Waals surface area contributed by atoms with E-state index in [1.165, 1.54) is 0 Å². The van der Waals surface area contributed by atoms with Crippen molar-refractivity contribution in [2.45, 2.75) is 31.2 Å². The Morgan fingerprint density at radius 3 is 2.85 bits per heavy atom. The summed E-state index contributed by atoms with van der Waals surface area (Å²) < 4.78 is 15.6. The molecule has 1 saturated carbocycles. The third kappa shape index (κ3) is 2.72. The second-order valence-electron chi connectivity index (χ2n) is 5.45. The van der Waals surface area contributed by atoms with Gasteiger partial charge in [-0.05, 0) is 30.4 Å². The lowest BCUT2D eigenvalue weighted by Crippen LogP contribution is -2.41. The van der Waals surface area contributed by atoms with E-state index in [1.807, 2.05) is 23.7 Å². The van der Waals surface area contributed by atoms with Crippen molar-refractivity contribution >= 4 is 0 Å². The van der Waals surface area contributed by atoms with Crippen LogP contribution in [0, 0.1) is 5.82 Å². The minimum Gasteiger partial charge on any atom is -0.321 e. The minimum atomic E-state index is -0.0740. The quantitative estimate of drug-likeness (QED) is 0.907. The molecule has 0 atom stereocenters. The number of benzene rings is 1. The van der Waals surface area contributed by atoms with Gasteiger partial charge in [0, 0.05) is 26.1 Å². The third-order valence-electron chi connectivity index (χ3n) is 4.07. The van der Waals surface area contributed by atoms with Crippen LogP contribution in [0.25, 0.3) is 0 Å². The van der Waals surface area contributed by atoms with Crippen LogP contribution in [0.15, 0.2) is 30.6 Å². The number of aromatic nitrogens is 3. The van der Waals surface area contributed by atoms with Gasteiger partial charge in [0.05, 0.1) is 0 Å². The smallest absolute Gasteiger partial charge is 0.133 e. The van der Waals surface area contributed by atoms with Gasteiger partial charge in [-0.25, -0.2) is 4.39 Å². The van der Waals surface area contributed by atoms with Gasteiger partial charge in [-0.15, -0.1) is 10.2 Å². The Hall–Kier alpha value is -1.75. The number of aryl methyl sites for hydroxylation is 1. The van der Waals surface area contributed by atoms with Gasteiger partial charge in [0.15, 0.2) is 0 Å². The van der Waals surface area contributed by atoms with Crippen LogP contribution < -0.4 is 5.32 Å². The van der Waals surface area contributed by atoms with E-state index >= 15 is 0 Å². The van der Waals surface area contributed by atoms with Crippen LogP contribution in [0.5, 0.6) is 0 Å². The van der Waals surface area contributed by atoms with Gasteiger partial charge in [-0.3, -0.25) is 0 Å². The first kappa shape index (κ1) is 13.2. The highest BCUT2D eigenvalue weighted by molar-refractivity contribution is 5.24. The van der Waals surface area contributed by atoms with Crippen LogP contribution in [0.4, 0.5) is 4.39 Å². The zero-order chi connectivity index (χ0) is 13.9. The number of hydrogen-bond donors (Lipinski definition) is 1. The van der Waals surface area contributed by atoms with Crippen molar-refractivity contribution in [2.24, 2.45) is 7.05 Å². The highest BCUT2D eigenvalue weighted by atomic mass is 19.1. The van der Waals surface area contributed by atoms with Gasteiger partial charge in [0.1, 0.15) is 18.0 Å². The monoisotopic (exact) mass is 274 g/mol. The van der Waals surface area contributed by atoms with Gasteiger partial charge in [-0.1, -0.05) is 18.2 Å². The predicted molar refractivity (Wildman–Crippen MR) is 74.9 cm³/mol. The summed E-state index contributed by atoms with van der Waals surface area (Å²) in [4.78, 5) is 0. The summed E-state index contributed by atoms with van der Waals surface area (Å²) in [5.74, 6) is 1.28. The maximum atomic E-state index is 13.6. The van der Waals surface area contributed by atoms with Gasteiger partial charge < -0.3 is 9.88 Å². The molecular weight excluding hydrogens is 255 g/mol. The standard InChI is InChI=1S/C15H19FN4/c1-20-10-18-19-15(20)6-7-17-12-8-11(9-12)13-4-2-3-5-14(13)16/h2-5,10-12,17H,6-9H2,1H3. The zero-order valence-corrected chi connectivity index (χ0v) is 11.6. The fourth-order valence-electron chi connectivity index (χ4n) is 2.77. The first-order valence-electron chi connectivity index (χ1n) is 7.04. The molecule has 1 heterocycles. The molecule has 3 rings (SSSR count). The Kier molecular flexibility index (Phi) is 3.78. The van der Waals surface area contributed by atoms with Gasteiger partial charge in [-0.2, -0.15) is 0 Å². The lowest BCUT2D eigenvalue weighted by molar-refractivity contribution is 0.286. The Balaban J connectivity index is 1.43. The van der Waals surface area contributed by atoms with Crippen LogP contribution in [0.1, 0.15) is 30.1 Å². The van der Waals surface area contributed by atoms with E-state index in [4.69, 9.17) is 0 Å². The molecule has 1 aliphatic carbocycles. The summed E-state index contributed by atoms with van der Waals surface area (Å²) in [7, 11) is 1.95. The molecule has 1 aromatic heterocycles. The Labute approximate surface area is 118 Å². The molecule has 0 saturated heterocycles. The molecule has 4 nitrogen and oxygen atoms in total. The second-order valence-corrected chi connectivity index (χ2v) is 5.45. The molecule has 1 N–H and O–H groups in total. The van der Waals surface area contributed by atoms with Gasteiger partial charge >= 0.3 is 0 Å². The first-order chi connectivity index (χ1) is 9.74. The van der Waals surface area contributed by atoms with Crippen LogP contribution >= 0.6 is 0 Å². The summed E-state index contributed by atoms with van der Waals surface area (Å²) >= 11 is 0. The molecule has 106 valence electrons. The number of rotatable bonds is 5. The molecule has 0 aliphatic heterocycles. The molecule has 0 bridgehead atoms. The molecule has 0 spiro atoms. The van der Waals surface area contributed by atoms with E-state index in [-0.39, 0.29) is 5.82 Å². The zero-order valence-electron chi connectivity index (χ0n) is 11.6. The van der Waals surface area contributed by atoms with Crippen LogP contribution in [0.2, 0.25) is 0 Å². The van der Waals surface area contributed by atoms with E-state index in [2.05, 4.69) is 15.5 Å². The Morgan fingerprint density at radius 1 is 1.35 bits per heavy atom. The maximum Gasteiger partial charge on any atom is 0.133 e. The lowest BCUT2D eigenvalue weighted by atomic mass is 9.75. The van der Waals surface area contributed by atoms with Crippen LogP contribution in [-0.2, 0) is 13.5 Å². The topological polar surface area (TPSA) is 42.7 Å². The molecular formula is C15H19FN4. The van der Waals surface area contributed by atoms with Gasteiger partial charge in [0.25, 0.3) is 0 Å². The van der Waals surface area contributed by atoms with Crippen LogP contribution in [0.3, 0.4) is 0 Å². The lowest BCUT2D eigenvalue weighted by Gasteiger charge is -2.36. The van der Waals surface area contributed by atoms with Crippen molar-refractivity contribution in [1.82, 2.24) is 20.1 Å². The van der Waals surface area contributed by atoms with E-state index < -0.39 is 0 Å². The number of nitrogens with one attached hydrogen (secondary N) is 1. The van der Waals surface area contributed by atoms with E-state index in [9.17, 15) is 4.39 Å². The van der Waals surface area contributed by atoms with E-state index in [0.29, 0.717) is 12.0 Å². The summed E-state index contributed by atoms with van der Waals surface area (Å²) in [5.41, 5.74) is 0.860. The fraction of sp³-hybridized carbons (Fsp3) is 0.467.